The predicted octanol–water partition coefficient (Wildman–Crippen LogP) is 1.06. The van der Waals surface area contributed by atoms with Crippen LogP contribution in [0.15, 0.2) is 0 Å². The van der Waals surface area contributed by atoms with Gasteiger partial charge in [-0.05, 0) is 37.3 Å². The topological polar surface area (TPSA) is 108 Å². The summed E-state index contributed by atoms with van der Waals surface area (Å²) in [5.41, 5.74) is 2.54. The van der Waals surface area contributed by atoms with Gasteiger partial charge in [0.1, 0.15) is 0 Å². The Bertz CT molecular complexity index is 636. The molecule has 0 aliphatic rings. The van der Waals surface area contributed by atoms with E-state index in [1.54, 1.807) is 14.1 Å². The van der Waals surface area contributed by atoms with Gasteiger partial charge in [0, 0.05) is 0 Å². The molecule has 0 spiro atoms. The molecule has 121 valence electrons. The first-order chi connectivity index (χ1) is 10.9. The molecule has 23 heavy (non-hydrogen) atoms. The maximum atomic E-state index is 12.4. The lowest BCUT2D eigenvalue weighted by molar-refractivity contribution is 0.603. The number of rotatable bonds is 6. The van der Waals surface area contributed by atoms with E-state index in [4.69, 9.17) is 23.2 Å². The average molecular weight is 364 g/mol. The van der Waals surface area contributed by atoms with E-state index < -0.39 is 0 Å². The molecule has 0 bridgehead atoms. The smallest absolute Gasteiger partial charge is 0.370 e. The van der Waals surface area contributed by atoms with Crippen molar-refractivity contribution < 1.29 is 8.96 Å². The number of hydrogen-bond acceptors (Lipinski definition) is 10. The fourth-order valence-electron chi connectivity index (χ4n) is 1.44. The van der Waals surface area contributed by atoms with Crippen LogP contribution in [0.1, 0.15) is 0 Å². The third-order valence-corrected chi connectivity index (χ3v) is 2.68. The minimum atomic E-state index is -0.352. The highest BCUT2D eigenvalue weighted by Crippen LogP contribution is 2.15. The minimum absolute atomic E-state index is 0.0426. The fourth-order valence-corrected chi connectivity index (χ4v) is 1.75. The highest BCUT2D eigenvalue weighted by molar-refractivity contribution is 6.45. The van der Waals surface area contributed by atoms with E-state index in [9.17, 15) is 8.96 Å². The molecule has 0 fully saturated rings. The quantitative estimate of drug-likeness (QED) is 0.571. The summed E-state index contributed by atoms with van der Waals surface area (Å²) in [5.74, 6) is -0.618. The first-order valence-corrected chi connectivity index (χ1v) is 6.55. The molecule has 10 nitrogen and oxygen atoms in total. The summed E-state index contributed by atoms with van der Waals surface area (Å²) in [5, 5.41) is -0.407. The second kappa shape index (κ2) is 7.33. The first kappa shape index (κ1) is 17.1. The Morgan fingerprint density at radius 1 is 0.783 bits per heavy atom. The molecule has 0 saturated carbocycles. The summed E-state index contributed by atoms with van der Waals surface area (Å²) in [6, 6.07) is 0. The van der Waals surface area contributed by atoms with Crippen LogP contribution in [0.25, 0.3) is 0 Å². The molecule has 0 aliphatic carbocycles. The van der Waals surface area contributed by atoms with Crippen LogP contribution in [0.2, 0.25) is 10.6 Å². The van der Waals surface area contributed by atoms with Gasteiger partial charge in [-0.3, -0.25) is 0 Å². The first-order valence-electron chi connectivity index (χ1n) is 5.80. The Kier molecular flexibility index (Phi) is 5.44. The van der Waals surface area contributed by atoms with Crippen LogP contribution >= 0.6 is 23.2 Å². The van der Waals surface area contributed by atoms with E-state index in [1.807, 2.05) is 0 Å². The van der Waals surface area contributed by atoms with Gasteiger partial charge in [-0.15, -0.1) is 8.96 Å². The molecule has 2 rings (SSSR count). The Hall–Kier alpha value is -2.28. The van der Waals surface area contributed by atoms with Crippen molar-refractivity contribution in [1.29, 1.82) is 0 Å². The Morgan fingerprint density at radius 2 is 1.17 bits per heavy atom. The second-order valence-electron chi connectivity index (χ2n) is 3.98. The van der Waals surface area contributed by atoms with E-state index in [-0.39, 0.29) is 34.4 Å². The molecule has 1 radical (unpaired) electrons. The van der Waals surface area contributed by atoms with Crippen LogP contribution in [0.4, 0.5) is 32.8 Å². The van der Waals surface area contributed by atoms with Crippen LogP contribution in [-0.4, -0.2) is 51.5 Å². The second-order valence-corrected chi connectivity index (χ2v) is 4.66. The van der Waals surface area contributed by atoms with Gasteiger partial charge in [0.2, 0.25) is 22.5 Å². The van der Waals surface area contributed by atoms with Crippen molar-refractivity contribution in [3.63, 3.8) is 0 Å². The maximum Gasteiger partial charge on any atom is 0.395 e. The summed E-state index contributed by atoms with van der Waals surface area (Å²) < 4.78 is 24.8. The number of hydrogen-bond donors (Lipinski definition) is 2. The number of aromatic nitrogens is 6. The lowest BCUT2D eigenvalue weighted by Crippen LogP contribution is -2.39. The Morgan fingerprint density at radius 3 is 1.52 bits per heavy atom. The SMILES string of the molecule is CN([B]N(C)c1nc(Cl)nc(NF)n1)c1nc(Cl)nc(NF)n1. The van der Waals surface area contributed by atoms with Gasteiger partial charge in [0.05, 0.1) is 0 Å². The summed E-state index contributed by atoms with van der Waals surface area (Å²) in [7, 11) is 4.55. The molecule has 0 amide bonds. The third kappa shape index (κ3) is 4.35. The van der Waals surface area contributed by atoms with Gasteiger partial charge in [-0.25, -0.2) is 0 Å². The van der Waals surface area contributed by atoms with Gasteiger partial charge in [0.25, 0.3) is 11.9 Å². The van der Waals surface area contributed by atoms with E-state index in [0.717, 1.165) is 0 Å². The lowest BCUT2D eigenvalue weighted by atomic mass is 10.1. The zero-order valence-corrected chi connectivity index (χ0v) is 13.2. The van der Waals surface area contributed by atoms with Gasteiger partial charge in [-0.1, -0.05) is 0 Å². The van der Waals surface area contributed by atoms with Gasteiger partial charge in [0.15, 0.2) is 0 Å². The molecule has 0 aromatic carbocycles. The summed E-state index contributed by atoms with van der Waals surface area (Å²) >= 11 is 11.3. The minimum Gasteiger partial charge on any atom is -0.370 e. The predicted molar refractivity (Wildman–Crippen MR) is 81.7 cm³/mol. The monoisotopic (exact) mass is 363 g/mol. The van der Waals surface area contributed by atoms with Crippen molar-refractivity contribution in [2.45, 2.75) is 0 Å². The van der Waals surface area contributed by atoms with Gasteiger partial charge >= 0.3 is 7.55 Å². The standard InChI is InChI=1S/C8H8BCl2F2N10/c1-22(7-16-3(10)14-5(18-7)20-12)9-23(2)8-17-4(11)15-6(19-8)21-13/h1-2H3,(H,14,16,18,20)(H,15,17,19,21). The average Bonchev–Trinajstić information content (AvgIpc) is 2.53. The lowest BCUT2D eigenvalue weighted by Gasteiger charge is -2.22. The highest BCUT2D eigenvalue weighted by atomic mass is 35.5. The van der Waals surface area contributed by atoms with Crippen LogP contribution in [0.3, 0.4) is 0 Å². The van der Waals surface area contributed by atoms with Crippen LogP contribution in [-0.2, 0) is 0 Å². The van der Waals surface area contributed by atoms with E-state index in [2.05, 4.69) is 29.9 Å². The molecule has 0 unspecified atom stereocenters. The van der Waals surface area contributed by atoms with Crippen molar-refractivity contribution in [3.05, 3.63) is 10.6 Å². The Labute approximate surface area is 139 Å². The molecule has 2 N–H and O–H groups in total. The van der Waals surface area contributed by atoms with E-state index in [0.29, 0.717) is 0 Å². The molecule has 2 aromatic rings. The van der Waals surface area contributed by atoms with Crippen LogP contribution in [0.5, 0.6) is 0 Å². The molecule has 2 heterocycles. The van der Waals surface area contributed by atoms with Crippen molar-refractivity contribution in [2.75, 3.05) is 34.8 Å². The molecular weight excluding hydrogens is 356 g/mol. The third-order valence-electron chi connectivity index (χ3n) is 2.34. The molecule has 0 atom stereocenters. The zero-order chi connectivity index (χ0) is 17.0. The molecule has 15 heteroatoms. The fraction of sp³-hybridized carbons (Fsp3) is 0.250. The summed E-state index contributed by atoms with van der Waals surface area (Å²) in [6.07, 6.45) is 0. The number of nitrogens with zero attached hydrogens (tertiary/aromatic N) is 8. The summed E-state index contributed by atoms with van der Waals surface area (Å²) in [6.45, 7) is 0. The maximum absolute atomic E-state index is 12.4. The number of anilines is 4. The molecule has 0 aliphatic heterocycles. The van der Waals surface area contributed by atoms with Crippen molar-refractivity contribution in [3.8, 4) is 0 Å². The van der Waals surface area contributed by atoms with Gasteiger partial charge < -0.3 is 9.62 Å². The van der Waals surface area contributed by atoms with Crippen LogP contribution in [0, 0.1) is 0 Å². The molecular formula is C8H8BCl2F2N10. The summed E-state index contributed by atoms with van der Waals surface area (Å²) in [4.78, 5) is 25.0. The normalized spacial score (nSPS) is 10.2. The van der Waals surface area contributed by atoms with Crippen molar-refractivity contribution >= 4 is 54.5 Å². The van der Waals surface area contributed by atoms with E-state index in [1.165, 1.54) is 28.2 Å². The number of nitrogens with one attached hydrogen (secondary N) is 2. The number of halogens is 4. The van der Waals surface area contributed by atoms with Crippen molar-refractivity contribution in [1.82, 2.24) is 29.9 Å². The molecule has 0 saturated heterocycles. The van der Waals surface area contributed by atoms with E-state index >= 15 is 0 Å². The van der Waals surface area contributed by atoms with Crippen molar-refractivity contribution in [2.24, 2.45) is 0 Å². The molecule has 2 aromatic heterocycles. The Balaban J connectivity index is 2.17. The van der Waals surface area contributed by atoms with Gasteiger partial charge in [-0.2, -0.15) is 41.0 Å². The highest BCUT2D eigenvalue weighted by Gasteiger charge is 2.17. The largest absolute Gasteiger partial charge is 0.395 e. The zero-order valence-electron chi connectivity index (χ0n) is 11.7. The van der Waals surface area contributed by atoms with Crippen LogP contribution < -0.4 is 20.7 Å².